The summed E-state index contributed by atoms with van der Waals surface area (Å²) < 4.78 is 18.6. The molecule has 0 spiro atoms. The molecule has 1 aliphatic rings. The first-order valence-corrected chi connectivity index (χ1v) is 6.37. The number of hydrogen-bond donors (Lipinski definition) is 1. The van der Waals surface area contributed by atoms with Crippen LogP contribution in [-0.2, 0) is 11.2 Å². The van der Waals surface area contributed by atoms with Crippen LogP contribution in [0.15, 0.2) is 18.2 Å². The molecule has 0 aliphatic carbocycles. The van der Waals surface area contributed by atoms with Gasteiger partial charge in [0, 0.05) is 24.8 Å². The highest BCUT2D eigenvalue weighted by atomic mass is 19.1. The number of nitrogens with one attached hydrogen (secondary N) is 1. The zero-order valence-electron chi connectivity index (χ0n) is 10.5. The van der Waals surface area contributed by atoms with Crippen LogP contribution in [0.4, 0.5) is 4.39 Å². The van der Waals surface area contributed by atoms with Crippen molar-refractivity contribution in [2.24, 2.45) is 0 Å². The van der Waals surface area contributed by atoms with Gasteiger partial charge in [-0.1, -0.05) is 6.92 Å². The molecule has 1 fully saturated rings. The number of carbonyl (C=O) groups excluding carboxylic acids is 1. The molecule has 0 saturated carbocycles. The number of amides is 1. The third-order valence-electron chi connectivity index (χ3n) is 3.25. The van der Waals surface area contributed by atoms with Crippen molar-refractivity contribution in [3.05, 3.63) is 35.1 Å². The molecule has 1 saturated heterocycles. The molecule has 3 nitrogen and oxygen atoms in total. The third-order valence-corrected chi connectivity index (χ3v) is 3.25. The van der Waals surface area contributed by atoms with Gasteiger partial charge in [-0.05, 0) is 43.0 Å². The number of halogens is 1. The quantitative estimate of drug-likeness (QED) is 0.895. The normalized spacial score (nSPS) is 16.6. The minimum absolute atomic E-state index is 0.128. The Labute approximate surface area is 106 Å². The Morgan fingerprint density at radius 3 is 2.83 bits per heavy atom. The zero-order valence-corrected chi connectivity index (χ0v) is 10.5. The SMILES string of the molecule is CCc1cc(C(=O)NC2CCOCC2)ccc1F. The van der Waals surface area contributed by atoms with Gasteiger partial charge in [0.05, 0.1) is 0 Å². The Morgan fingerprint density at radius 1 is 1.44 bits per heavy atom. The van der Waals surface area contributed by atoms with E-state index in [0.29, 0.717) is 30.8 Å². The van der Waals surface area contributed by atoms with Crippen molar-refractivity contribution in [1.29, 1.82) is 0 Å². The van der Waals surface area contributed by atoms with Crippen LogP contribution in [0.2, 0.25) is 0 Å². The topological polar surface area (TPSA) is 38.3 Å². The average Bonchev–Trinajstić information content (AvgIpc) is 2.40. The summed E-state index contributed by atoms with van der Waals surface area (Å²) in [6.45, 7) is 3.25. The molecule has 1 amide bonds. The number of ether oxygens (including phenoxy) is 1. The van der Waals surface area contributed by atoms with E-state index in [4.69, 9.17) is 4.74 Å². The first-order chi connectivity index (χ1) is 8.70. The fraction of sp³-hybridized carbons (Fsp3) is 0.500. The summed E-state index contributed by atoms with van der Waals surface area (Å²) in [6, 6.07) is 4.69. The largest absolute Gasteiger partial charge is 0.381 e. The van der Waals surface area contributed by atoms with Gasteiger partial charge in [-0.2, -0.15) is 0 Å². The van der Waals surface area contributed by atoms with Crippen LogP contribution in [0.1, 0.15) is 35.7 Å². The van der Waals surface area contributed by atoms with Crippen LogP contribution in [-0.4, -0.2) is 25.2 Å². The van der Waals surface area contributed by atoms with E-state index in [-0.39, 0.29) is 17.8 Å². The second-order valence-corrected chi connectivity index (χ2v) is 4.52. The summed E-state index contributed by atoms with van der Waals surface area (Å²) in [6.07, 6.45) is 2.27. The van der Waals surface area contributed by atoms with E-state index < -0.39 is 0 Å². The maximum atomic E-state index is 13.3. The smallest absolute Gasteiger partial charge is 0.251 e. The third kappa shape index (κ3) is 3.07. The molecular weight excluding hydrogens is 233 g/mol. The van der Waals surface area contributed by atoms with Crippen LogP contribution < -0.4 is 5.32 Å². The molecule has 1 aromatic rings. The van der Waals surface area contributed by atoms with Gasteiger partial charge in [0.1, 0.15) is 5.82 Å². The molecule has 4 heteroatoms. The van der Waals surface area contributed by atoms with E-state index >= 15 is 0 Å². The fourth-order valence-corrected chi connectivity index (χ4v) is 2.10. The second kappa shape index (κ2) is 5.96. The Bertz CT molecular complexity index is 428. The molecule has 18 heavy (non-hydrogen) atoms. The van der Waals surface area contributed by atoms with Crippen molar-refractivity contribution < 1.29 is 13.9 Å². The second-order valence-electron chi connectivity index (χ2n) is 4.52. The molecule has 0 aromatic heterocycles. The van der Waals surface area contributed by atoms with E-state index in [1.165, 1.54) is 12.1 Å². The first kappa shape index (κ1) is 13.0. The van der Waals surface area contributed by atoms with Gasteiger partial charge in [0.2, 0.25) is 0 Å². The van der Waals surface area contributed by atoms with E-state index in [2.05, 4.69) is 5.32 Å². The van der Waals surface area contributed by atoms with E-state index in [1.807, 2.05) is 6.92 Å². The summed E-state index contributed by atoms with van der Waals surface area (Å²) >= 11 is 0. The summed E-state index contributed by atoms with van der Waals surface area (Å²) in [4.78, 5) is 12.0. The monoisotopic (exact) mass is 251 g/mol. The molecular formula is C14H18FNO2. The maximum absolute atomic E-state index is 13.3. The van der Waals surface area contributed by atoms with Gasteiger partial charge in [0.25, 0.3) is 5.91 Å². The molecule has 0 unspecified atom stereocenters. The van der Waals surface area contributed by atoms with Crippen molar-refractivity contribution in [3.63, 3.8) is 0 Å². The van der Waals surface area contributed by atoms with Crippen LogP contribution in [0.5, 0.6) is 0 Å². The highest BCUT2D eigenvalue weighted by molar-refractivity contribution is 5.94. The molecule has 1 heterocycles. The molecule has 0 bridgehead atoms. The van der Waals surface area contributed by atoms with E-state index in [1.54, 1.807) is 6.07 Å². The highest BCUT2D eigenvalue weighted by Crippen LogP contribution is 2.13. The van der Waals surface area contributed by atoms with Crippen LogP contribution in [0.25, 0.3) is 0 Å². The highest BCUT2D eigenvalue weighted by Gasteiger charge is 2.17. The molecule has 0 atom stereocenters. The van der Waals surface area contributed by atoms with Crippen LogP contribution >= 0.6 is 0 Å². The van der Waals surface area contributed by atoms with Crippen molar-refractivity contribution >= 4 is 5.91 Å². The molecule has 1 aromatic carbocycles. The van der Waals surface area contributed by atoms with Gasteiger partial charge in [-0.15, -0.1) is 0 Å². The van der Waals surface area contributed by atoms with Gasteiger partial charge >= 0.3 is 0 Å². The van der Waals surface area contributed by atoms with Crippen molar-refractivity contribution in [2.75, 3.05) is 13.2 Å². The minimum atomic E-state index is -0.250. The van der Waals surface area contributed by atoms with Crippen LogP contribution in [0.3, 0.4) is 0 Å². The lowest BCUT2D eigenvalue weighted by atomic mass is 10.1. The Morgan fingerprint density at radius 2 is 2.17 bits per heavy atom. The van der Waals surface area contributed by atoms with Crippen LogP contribution in [0, 0.1) is 5.82 Å². The average molecular weight is 251 g/mol. The molecule has 1 aliphatic heterocycles. The summed E-state index contributed by atoms with van der Waals surface area (Å²) in [7, 11) is 0. The molecule has 0 radical (unpaired) electrons. The Hall–Kier alpha value is -1.42. The lowest BCUT2D eigenvalue weighted by Gasteiger charge is -2.23. The first-order valence-electron chi connectivity index (χ1n) is 6.37. The lowest BCUT2D eigenvalue weighted by molar-refractivity contribution is 0.0696. The lowest BCUT2D eigenvalue weighted by Crippen LogP contribution is -2.38. The summed E-state index contributed by atoms with van der Waals surface area (Å²) in [5.74, 6) is -0.378. The minimum Gasteiger partial charge on any atom is -0.381 e. The van der Waals surface area contributed by atoms with Crippen molar-refractivity contribution in [3.8, 4) is 0 Å². The van der Waals surface area contributed by atoms with Gasteiger partial charge in [-0.3, -0.25) is 4.79 Å². The maximum Gasteiger partial charge on any atom is 0.251 e. The number of rotatable bonds is 3. The number of aryl methyl sites for hydroxylation is 1. The Balaban J connectivity index is 2.03. The number of benzene rings is 1. The number of hydrogen-bond acceptors (Lipinski definition) is 2. The Kier molecular flexibility index (Phi) is 4.31. The van der Waals surface area contributed by atoms with E-state index in [9.17, 15) is 9.18 Å². The van der Waals surface area contributed by atoms with Crippen molar-refractivity contribution in [2.45, 2.75) is 32.2 Å². The fourth-order valence-electron chi connectivity index (χ4n) is 2.10. The molecule has 2 rings (SSSR count). The van der Waals surface area contributed by atoms with Gasteiger partial charge in [0.15, 0.2) is 0 Å². The van der Waals surface area contributed by atoms with Crippen molar-refractivity contribution in [1.82, 2.24) is 5.32 Å². The van der Waals surface area contributed by atoms with E-state index in [0.717, 1.165) is 12.8 Å². The summed E-state index contributed by atoms with van der Waals surface area (Å²) in [5, 5.41) is 2.96. The standard InChI is InChI=1S/C14H18FNO2/c1-2-10-9-11(3-4-13(10)15)14(17)16-12-5-7-18-8-6-12/h3-4,9,12H,2,5-8H2,1H3,(H,16,17). The predicted molar refractivity (Wildman–Crippen MR) is 67.1 cm³/mol. The summed E-state index contributed by atoms with van der Waals surface area (Å²) in [5.41, 5.74) is 1.11. The van der Waals surface area contributed by atoms with Gasteiger partial charge in [-0.25, -0.2) is 4.39 Å². The molecule has 1 N–H and O–H groups in total. The van der Waals surface area contributed by atoms with Gasteiger partial charge < -0.3 is 10.1 Å². The zero-order chi connectivity index (χ0) is 13.0. The number of carbonyl (C=O) groups is 1. The molecule has 98 valence electrons. The predicted octanol–water partition coefficient (Wildman–Crippen LogP) is 2.30.